The minimum absolute atomic E-state index is 0.0352. The van der Waals surface area contributed by atoms with Gasteiger partial charge in [0.15, 0.2) is 0 Å². The first-order chi connectivity index (χ1) is 29.3. The third kappa shape index (κ3) is 26.4. The van der Waals surface area contributed by atoms with Crippen LogP contribution in [0, 0.1) is 34.9 Å². The number of nitrogens with zero attached hydrogens (tertiary/aromatic N) is 1. The predicted molar refractivity (Wildman–Crippen MR) is 252 cm³/mol. The molecule has 1 aliphatic heterocycles. The van der Waals surface area contributed by atoms with Crippen molar-refractivity contribution in [1.29, 1.82) is 0 Å². The number of carbonyl (C=O) groups is 5. The molecule has 3 rings (SSSR count). The number of rotatable bonds is 22. The van der Waals surface area contributed by atoms with E-state index in [-0.39, 0.29) is 48.3 Å². The van der Waals surface area contributed by atoms with Crippen LogP contribution in [0.1, 0.15) is 146 Å². The maximum atomic E-state index is 13.1. The number of hydrogen-bond acceptors (Lipinski definition) is 9. The standard InChI is InChI=1S/C13H26O2.C12H23NO.C10H10FNO3.C9H18N2O2.C3H8.C2H6/c1-5-7-8-12(11(3)6-2)13(15-4)9-10-14;1-9(2)11(14-4)10-7-12(5-6-12)8-13(10)3;11-8-4-2-1-3-7(8)5-9(10(14)15)12-6-13;1-6(2)8(10-4)9(13)11-5-7(3)12;1-3-2;1-2/h10-13H,5-9H2,1-4H3;9-11H,5-8H2,1-4H3;1-4,6,9H,5H2,(H,12,13)(H,14,15);6,8,10H,5H2,1-4H3,(H,11,13);3H2,1-2H3;1-2H3. The molecule has 2 fully saturated rings. The summed E-state index contributed by atoms with van der Waals surface area (Å²) in [4.78, 5) is 55.9. The molecule has 1 saturated heterocycles. The average Bonchev–Trinajstić information content (AvgIpc) is 3.91. The Balaban J connectivity index is -0.000000723. The van der Waals surface area contributed by atoms with E-state index in [1.54, 1.807) is 20.2 Å². The number of aliphatic carboxylic acids is 1. The van der Waals surface area contributed by atoms with Crippen LogP contribution in [-0.4, -0.2) is 112 Å². The van der Waals surface area contributed by atoms with Crippen molar-refractivity contribution >= 4 is 30.4 Å². The first-order valence-electron chi connectivity index (χ1n) is 23.1. The molecule has 0 bridgehead atoms. The van der Waals surface area contributed by atoms with Crippen molar-refractivity contribution in [2.75, 3.05) is 41.4 Å². The fourth-order valence-corrected chi connectivity index (χ4v) is 7.48. The number of likely N-dealkylation sites (tertiary alicyclic amines) is 1. The normalized spacial score (nSPS) is 17.4. The second-order valence-corrected chi connectivity index (χ2v) is 17.1. The summed E-state index contributed by atoms with van der Waals surface area (Å²) in [5, 5.41) is 16.3. The van der Waals surface area contributed by atoms with Crippen molar-refractivity contribution < 1.29 is 42.9 Å². The molecule has 1 saturated carbocycles. The van der Waals surface area contributed by atoms with Gasteiger partial charge < -0.3 is 40.2 Å². The number of unbranched alkanes of at least 4 members (excludes halogenated alkanes) is 1. The average molecular weight is 883 g/mol. The summed E-state index contributed by atoms with van der Waals surface area (Å²) >= 11 is 0. The van der Waals surface area contributed by atoms with Crippen LogP contribution in [0.5, 0.6) is 0 Å². The Bertz CT molecular complexity index is 1330. The highest BCUT2D eigenvalue weighted by Gasteiger charge is 2.52. The van der Waals surface area contributed by atoms with E-state index < -0.39 is 17.8 Å². The van der Waals surface area contributed by atoms with E-state index in [2.05, 4.69) is 76.4 Å². The van der Waals surface area contributed by atoms with Crippen molar-refractivity contribution in [3.8, 4) is 0 Å². The topological polar surface area (TPSA) is 163 Å². The van der Waals surface area contributed by atoms with Gasteiger partial charge >= 0.3 is 5.97 Å². The maximum absolute atomic E-state index is 13.1. The number of amides is 2. The summed E-state index contributed by atoms with van der Waals surface area (Å²) in [6.45, 7) is 26.2. The minimum atomic E-state index is -1.19. The Labute approximate surface area is 377 Å². The number of methoxy groups -OCH3 is 2. The Morgan fingerprint density at radius 3 is 1.94 bits per heavy atom. The molecule has 4 N–H and O–H groups in total. The number of Topliss-reactive ketones (excluding diaryl/α,β-unsaturated/α-hetero) is 1. The van der Waals surface area contributed by atoms with Crippen molar-refractivity contribution in [1.82, 2.24) is 20.9 Å². The number of aldehydes is 1. The SMILES string of the molecule is CC.CCC.CCCCC(C(C)CC)C(CC=O)OC.CNC(C(=O)NCC(C)=O)C(C)C.COC(C(C)C)C1CC2(CC2)CN1C.O=CNC(Cc1ccccc1F)C(=O)O. The van der Waals surface area contributed by atoms with E-state index in [1.807, 2.05) is 34.8 Å². The van der Waals surface area contributed by atoms with Crippen LogP contribution < -0.4 is 16.0 Å². The van der Waals surface area contributed by atoms with Gasteiger partial charge in [0, 0.05) is 39.6 Å². The van der Waals surface area contributed by atoms with Gasteiger partial charge in [-0.1, -0.05) is 120 Å². The van der Waals surface area contributed by atoms with Gasteiger partial charge in [0.1, 0.15) is 23.9 Å². The van der Waals surface area contributed by atoms with Crippen LogP contribution >= 0.6 is 0 Å². The van der Waals surface area contributed by atoms with E-state index in [9.17, 15) is 28.4 Å². The molecule has 2 aliphatic rings. The lowest BCUT2D eigenvalue weighted by molar-refractivity contribution is -0.140. The number of carbonyl (C=O) groups excluding carboxylic acids is 4. The fourth-order valence-electron chi connectivity index (χ4n) is 7.48. The predicted octanol–water partition coefficient (Wildman–Crippen LogP) is 8.53. The van der Waals surface area contributed by atoms with E-state index >= 15 is 0 Å². The molecule has 62 heavy (non-hydrogen) atoms. The molecule has 1 aromatic rings. The lowest BCUT2D eigenvalue weighted by atomic mass is 9.82. The van der Waals surface area contributed by atoms with Gasteiger partial charge in [-0.05, 0) is 87.4 Å². The molecule has 362 valence electrons. The zero-order chi connectivity index (χ0) is 48.4. The highest BCUT2D eigenvalue weighted by molar-refractivity contribution is 5.87. The molecule has 1 aliphatic carbocycles. The molecule has 12 nitrogen and oxygen atoms in total. The van der Waals surface area contributed by atoms with Gasteiger partial charge in [0.25, 0.3) is 0 Å². The van der Waals surface area contributed by atoms with Crippen LogP contribution in [0.3, 0.4) is 0 Å². The van der Waals surface area contributed by atoms with Crippen LogP contribution in [0.15, 0.2) is 24.3 Å². The summed E-state index contributed by atoms with van der Waals surface area (Å²) in [5.74, 6) is 0.200. The van der Waals surface area contributed by atoms with E-state index in [4.69, 9.17) is 14.6 Å². The number of carboxylic acids is 1. The van der Waals surface area contributed by atoms with E-state index in [0.717, 1.165) is 12.7 Å². The molecule has 7 atom stereocenters. The lowest BCUT2D eigenvalue weighted by Gasteiger charge is -2.30. The summed E-state index contributed by atoms with van der Waals surface area (Å²) in [6.07, 6.45) is 12.6. The largest absolute Gasteiger partial charge is 0.480 e. The van der Waals surface area contributed by atoms with Crippen LogP contribution in [0.25, 0.3) is 0 Å². The molecule has 0 radical (unpaired) electrons. The first kappa shape index (κ1) is 63.0. The number of likely N-dealkylation sites (N-methyl/N-ethyl adjacent to an activating group) is 2. The zero-order valence-corrected chi connectivity index (χ0v) is 41.8. The summed E-state index contributed by atoms with van der Waals surface area (Å²) in [7, 11) is 7.57. The first-order valence-corrected chi connectivity index (χ1v) is 23.1. The molecule has 1 spiro atoms. The lowest BCUT2D eigenvalue weighted by Crippen LogP contribution is -2.46. The highest BCUT2D eigenvalue weighted by Crippen LogP contribution is 2.55. The van der Waals surface area contributed by atoms with Crippen molar-refractivity contribution in [3.05, 3.63) is 35.6 Å². The van der Waals surface area contributed by atoms with E-state index in [0.29, 0.717) is 48.1 Å². The molecule has 0 aromatic heterocycles. The monoisotopic (exact) mass is 883 g/mol. The summed E-state index contributed by atoms with van der Waals surface area (Å²) < 4.78 is 24.2. The number of carboxylic acid groups (broad SMARTS) is 1. The number of halogens is 1. The Kier molecular flexibility index (Phi) is 37.8. The molecule has 2 amide bonds. The zero-order valence-electron chi connectivity index (χ0n) is 41.8. The van der Waals surface area contributed by atoms with Gasteiger partial charge in [-0.3, -0.25) is 14.4 Å². The molecule has 1 heterocycles. The number of nitrogens with one attached hydrogen (secondary N) is 3. The smallest absolute Gasteiger partial charge is 0.326 e. The van der Waals surface area contributed by atoms with Gasteiger partial charge in [0.2, 0.25) is 12.3 Å². The Morgan fingerprint density at radius 1 is 0.984 bits per heavy atom. The van der Waals surface area contributed by atoms with E-state index in [1.165, 1.54) is 76.6 Å². The molecule has 7 unspecified atom stereocenters. The van der Waals surface area contributed by atoms with Crippen molar-refractivity contribution in [3.63, 3.8) is 0 Å². The fraction of sp³-hybridized carbons (Fsp3) is 0.776. The third-order valence-electron chi connectivity index (χ3n) is 11.2. The van der Waals surface area contributed by atoms with Crippen LogP contribution in [0.4, 0.5) is 4.39 Å². The number of hydrogen-bond donors (Lipinski definition) is 4. The van der Waals surface area contributed by atoms with Gasteiger partial charge in [-0.15, -0.1) is 0 Å². The third-order valence-corrected chi connectivity index (χ3v) is 11.2. The number of benzene rings is 1. The summed E-state index contributed by atoms with van der Waals surface area (Å²) in [5.41, 5.74) is 0.963. The van der Waals surface area contributed by atoms with Crippen molar-refractivity contribution in [2.24, 2.45) is 29.1 Å². The highest BCUT2D eigenvalue weighted by atomic mass is 19.1. The maximum Gasteiger partial charge on any atom is 0.326 e. The van der Waals surface area contributed by atoms with Crippen LogP contribution in [0.2, 0.25) is 0 Å². The quantitative estimate of drug-likeness (QED) is 0.0831. The minimum Gasteiger partial charge on any atom is -0.480 e. The van der Waals surface area contributed by atoms with Gasteiger partial charge in [0.05, 0.1) is 24.8 Å². The van der Waals surface area contributed by atoms with Crippen molar-refractivity contribution in [2.45, 2.75) is 178 Å². The second-order valence-electron chi connectivity index (χ2n) is 17.1. The Morgan fingerprint density at radius 2 is 1.56 bits per heavy atom. The number of ether oxygens (including phenoxy) is 2. The number of ketones is 1. The second kappa shape index (κ2) is 37.1. The molecule has 13 heteroatoms. The van der Waals surface area contributed by atoms with Gasteiger partial charge in [-0.25, -0.2) is 9.18 Å². The summed E-state index contributed by atoms with van der Waals surface area (Å²) in [6, 6.07) is 5.19. The molecule has 1 aromatic carbocycles. The molecular formula is C49H91FN4O8. The van der Waals surface area contributed by atoms with Crippen LogP contribution in [-0.2, 0) is 39.9 Å². The molecular weight excluding hydrogens is 792 g/mol. The Hall–Kier alpha value is -3.26. The van der Waals surface area contributed by atoms with Gasteiger partial charge in [-0.2, -0.15) is 0 Å².